The maximum absolute atomic E-state index is 13.2. The summed E-state index contributed by atoms with van der Waals surface area (Å²) >= 11 is 6.58. The molecule has 0 bridgehead atoms. The summed E-state index contributed by atoms with van der Waals surface area (Å²) in [5, 5.41) is 4.52. The van der Waals surface area contributed by atoms with Crippen LogP contribution in [0.5, 0.6) is 0 Å². The molecule has 1 aliphatic rings. The van der Waals surface area contributed by atoms with E-state index in [0.717, 1.165) is 67.9 Å². The van der Waals surface area contributed by atoms with Gasteiger partial charge in [0, 0.05) is 43.7 Å². The number of amides is 1. The van der Waals surface area contributed by atoms with E-state index in [4.69, 9.17) is 16.0 Å². The van der Waals surface area contributed by atoms with Crippen molar-refractivity contribution in [3.63, 3.8) is 0 Å². The van der Waals surface area contributed by atoms with Gasteiger partial charge in [-0.1, -0.05) is 43.1 Å². The molecule has 5 nitrogen and oxygen atoms in total. The molecule has 1 saturated heterocycles. The van der Waals surface area contributed by atoms with Gasteiger partial charge in [-0.2, -0.15) is 0 Å². The van der Waals surface area contributed by atoms with Crippen LogP contribution < -0.4 is 10.2 Å². The fraction of sp³-hybridized carbons (Fsp3) is 0.375. The zero-order chi connectivity index (χ0) is 21.1. The number of carbonyl (C=O) groups excluding carboxylic acids is 1. The van der Waals surface area contributed by atoms with Crippen LogP contribution in [0.3, 0.4) is 0 Å². The van der Waals surface area contributed by atoms with Crippen molar-refractivity contribution in [3.05, 3.63) is 58.8 Å². The lowest BCUT2D eigenvalue weighted by Crippen LogP contribution is -2.44. The predicted molar refractivity (Wildman–Crippen MR) is 124 cm³/mol. The lowest BCUT2D eigenvalue weighted by atomic mass is 10.1. The van der Waals surface area contributed by atoms with Gasteiger partial charge in [0.05, 0.1) is 16.3 Å². The van der Waals surface area contributed by atoms with Crippen LogP contribution in [0.15, 0.2) is 46.9 Å². The first-order valence-corrected chi connectivity index (χ1v) is 11.0. The molecule has 1 aliphatic heterocycles. The van der Waals surface area contributed by atoms with E-state index in [1.165, 1.54) is 0 Å². The van der Waals surface area contributed by atoms with Gasteiger partial charge in [-0.15, -0.1) is 0 Å². The Morgan fingerprint density at radius 3 is 2.63 bits per heavy atom. The number of nitrogens with zero attached hydrogens (tertiary/aromatic N) is 2. The topological polar surface area (TPSA) is 48.7 Å². The number of furan rings is 1. The zero-order valence-electron chi connectivity index (χ0n) is 17.6. The highest BCUT2D eigenvalue weighted by molar-refractivity contribution is 6.33. The molecular weight excluding hydrogens is 398 g/mol. The molecular formula is C24H28ClN3O2. The molecule has 1 N–H and O–H groups in total. The van der Waals surface area contributed by atoms with Crippen molar-refractivity contribution in [2.75, 3.05) is 43.4 Å². The third-order valence-corrected chi connectivity index (χ3v) is 6.01. The molecule has 158 valence electrons. The predicted octanol–water partition coefficient (Wildman–Crippen LogP) is 5.43. The molecule has 0 saturated carbocycles. The number of rotatable bonds is 6. The molecule has 1 aromatic heterocycles. The van der Waals surface area contributed by atoms with Crippen LogP contribution in [0.4, 0.5) is 11.4 Å². The largest absolute Gasteiger partial charge is 0.460 e. The second-order valence-electron chi connectivity index (χ2n) is 7.91. The first kappa shape index (κ1) is 20.8. The Morgan fingerprint density at radius 1 is 1.13 bits per heavy atom. The molecule has 6 heteroatoms. The smallest absolute Gasteiger partial charge is 0.259 e. The molecule has 0 atom stereocenters. The highest BCUT2D eigenvalue weighted by atomic mass is 35.5. The van der Waals surface area contributed by atoms with E-state index in [0.29, 0.717) is 16.3 Å². The van der Waals surface area contributed by atoms with E-state index in [-0.39, 0.29) is 5.91 Å². The Bertz CT molecular complexity index is 1040. The number of unbranched alkanes of at least 4 members (excludes halogenated alkanes) is 1. The quantitative estimate of drug-likeness (QED) is 0.571. The summed E-state index contributed by atoms with van der Waals surface area (Å²) in [5.41, 5.74) is 3.07. The number of fused-ring (bicyclic) bond motifs is 1. The Hall–Kier alpha value is -2.50. The SMILES string of the molecule is CCCCc1oc2ccccc2c1C(=O)Nc1ccc(N2CCN(C)CC2)c(Cl)c1. The molecule has 0 unspecified atom stereocenters. The van der Waals surface area contributed by atoms with Crippen LogP contribution in [0.1, 0.15) is 35.9 Å². The molecule has 30 heavy (non-hydrogen) atoms. The van der Waals surface area contributed by atoms with Gasteiger partial charge in [0.1, 0.15) is 11.3 Å². The van der Waals surface area contributed by atoms with Crippen LogP contribution in [0.2, 0.25) is 5.02 Å². The first-order chi connectivity index (χ1) is 14.6. The number of carbonyl (C=O) groups is 1. The highest BCUT2D eigenvalue weighted by Crippen LogP contribution is 2.31. The number of hydrogen-bond donors (Lipinski definition) is 1. The molecule has 4 rings (SSSR count). The summed E-state index contributed by atoms with van der Waals surface area (Å²) < 4.78 is 5.99. The third-order valence-electron chi connectivity index (χ3n) is 5.70. The number of likely N-dealkylation sites (N-methyl/N-ethyl adjacent to an activating group) is 1. The Kier molecular flexibility index (Phi) is 6.30. The van der Waals surface area contributed by atoms with Crippen LogP contribution in [-0.4, -0.2) is 44.0 Å². The van der Waals surface area contributed by atoms with Crippen molar-refractivity contribution in [2.45, 2.75) is 26.2 Å². The molecule has 3 aromatic rings. The number of nitrogens with one attached hydrogen (secondary N) is 1. The number of anilines is 2. The van der Waals surface area contributed by atoms with Crippen LogP contribution in [-0.2, 0) is 6.42 Å². The summed E-state index contributed by atoms with van der Waals surface area (Å²) in [5.74, 6) is 0.588. The lowest BCUT2D eigenvalue weighted by molar-refractivity contribution is 0.102. The third kappa shape index (κ3) is 4.32. The molecule has 0 spiro atoms. The van der Waals surface area contributed by atoms with Gasteiger partial charge in [0.25, 0.3) is 5.91 Å². The van der Waals surface area contributed by atoms with E-state index in [2.05, 4.69) is 29.1 Å². The van der Waals surface area contributed by atoms with Crippen molar-refractivity contribution in [1.82, 2.24) is 4.90 Å². The minimum absolute atomic E-state index is 0.158. The summed E-state index contributed by atoms with van der Waals surface area (Å²) in [7, 11) is 2.13. The number of para-hydroxylation sites is 1. The van der Waals surface area contributed by atoms with Gasteiger partial charge < -0.3 is 19.5 Å². The number of piperazine rings is 1. The maximum Gasteiger partial charge on any atom is 0.259 e. The van der Waals surface area contributed by atoms with E-state index < -0.39 is 0 Å². The summed E-state index contributed by atoms with van der Waals surface area (Å²) in [6.45, 7) is 6.06. The number of benzene rings is 2. The number of hydrogen-bond acceptors (Lipinski definition) is 4. The number of aryl methyl sites for hydroxylation is 1. The Balaban J connectivity index is 1.56. The van der Waals surface area contributed by atoms with Crippen LogP contribution in [0, 0.1) is 0 Å². The molecule has 1 amide bonds. The zero-order valence-corrected chi connectivity index (χ0v) is 18.3. The molecule has 0 radical (unpaired) electrons. The average Bonchev–Trinajstić information content (AvgIpc) is 3.11. The van der Waals surface area contributed by atoms with Crippen molar-refractivity contribution in [1.29, 1.82) is 0 Å². The Labute approximate surface area is 182 Å². The second kappa shape index (κ2) is 9.11. The normalized spacial score (nSPS) is 15.0. The average molecular weight is 426 g/mol. The molecule has 0 aliphatic carbocycles. The molecule has 2 heterocycles. The molecule has 2 aromatic carbocycles. The van der Waals surface area contributed by atoms with Crippen molar-refractivity contribution < 1.29 is 9.21 Å². The fourth-order valence-corrected chi connectivity index (χ4v) is 4.24. The minimum atomic E-state index is -0.158. The van der Waals surface area contributed by atoms with Gasteiger partial charge in [-0.05, 0) is 37.7 Å². The van der Waals surface area contributed by atoms with Crippen LogP contribution in [0.25, 0.3) is 11.0 Å². The van der Waals surface area contributed by atoms with E-state index in [9.17, 15) is 4.79 Å². The van der Waals surface area contributed by atoms with Crippen molar-refractivity contribution >= 4 is 39.9 Å². The maximum atomic E-state index is 13.2. The van der Waals surface area contributed by atoms with Gasteiger partial charge in [-0.25, -0.2) is 0 Å². The van der Waals surface area contributed by atoms with Crippen molar-refractivity contribution in [2.24, 2.45) is 0 Å². The number of halogens is 1. The highest BCUT2D eigenvalue weighted by Gasteiger charge is 2.21. The minimum Gasteiger partial charge on any atom is -0.460 e. The second-order valence-corrected chi connectivity index (χ2v) is 8.32. The van der Waals surface area contributed by atoms with E-state index in [1.54, 1.807) is 0 Å². The fourth-order valence-electron chi connectivity index (χ4n) is 3.94. The van der Waals surface area contributed by atoms with Gasteiger partial charge in [0.2, 0.25) is 0 Å². The van der Waals surface area contributed by atoms with E-state index >= 15 is 0 Å². The Morgan fingerprint density at radius 2 is 1.90 bits per heavy atom. The lowest BCUT2D eigenvalue weighted by Gasteiger charge is -2.34. The van der Waals surface area contributed by atoms with Crippen LogP contribution >= 0.6 is 11.6 Å². The van der Waals surface area contributed by atoms with E-state index in [1.807, 2.05) is 42.5 Å². The first-order valence-electron chi connectivity index (χ1n) is 10.6. The standard InChI is InChI=1S/C24H28ClN3O2/c1-3-4-8-22-23(18-7-5-6-9-21(18)30-22)24(29)26-17-10-11-20(19(25)16-17)28-14-12-27(2)13-15-28/h5-7,9-11,16H,3-4,8,12-15H2,1-2H3,(H,26,29). The van der Waals surface area contributed by atoms with Gasteiger partial charge in [-0.3, -0.25) is 4.79 Å². The van der Waals surface area contributed by atoms with Gasteiger partial charge >= 0.3 is 0 Å². The molecule has 1 fully saturated rings. The monoisotopic (exact) mass is 425 g/mol. The van der Waals surface area contributed by atoms with Gasteiger partial charge in [0.15, 0.2) is 0 Å². The summed E-state index contributed by atoms with van der Waals surface area (Å²) in [6.07, 6.45) is 2.77. The van der Waals surface area contributed by atoms with Crippen molar-refractivity contribution in [3.8, 4) is 0 Å². The summed E-state index contributed by atoms with van der Waals surface area (Å²) in [4.78, 5) is 17.8. The summed E-state index contributed by atoms with van der Waals surface area (Å²) in [6, 6.07) is 13.4.